The SMILES string of the molecule is C#CCCC(=O)N(C)Cc1ccc(S(N)(=O)=NC(=O)N(C)c2c3c(cc4c2CCC4)CCC3)cc1. The van der Waals surface area contributed by atoms with E-state index >= 15 is 0 Å². The number of benzene rings is 2. The van der Waals surface area contributed by atoms with Gasteiger partial charge in [0, 0.05) is 33.5 Å². The predicted octanol–water partition coefficient (Wildman–Crippen LogP) is 3.99. The lowest BCUT2D eigenvalue weighted by Gasteiger charge is -2.23. The third-order valence-electron chi connectivity index (χ3n) is 6.87. The van der Waals surface area contributed by atoms with Crippen molar-refractivity contribution in [1.82, 2.24) is 4.90 Å². The standard InChI is InChI=1S/C27H32N4O3S/c1-4-5-12-25(32)30(2)18-19-13-15-22(16-14-19)35(28,34)29-27(33)31(3)26-23-10-6-8-20(23)17-21-9-7-11-24(21)26/h1,13-17H,5-12,18H2,2-3H3,(H2,28,29,33,34). The third kappa shape index (κ3) is 5.26. The Balaban J connectivity index is 1.53. The molecule has 0 radical (unpaired) electrons. The predicted molar refractivity (Wildman–Crippen MR) is 138 cm³/mol. The molecular weight excluding hydrogens is 460 g/mol. The van der Waals surface area contributed by atoms with Gasteiger partial charge in [-0.05, 0) is 78.5 Å². The fourth-order valence-corrected chi connectivity index (χ4v) is 6.02. The number of aryl methyl sites for hydroxylation is 2. The van der Waals surface area contributed by atoms with Crippen LogP contribution in [-0.4, -0.2) is 35.1 Å². The summed E-state index contributed by atoms with van der Waals surface area (Å²) in [7, 11) is -0.0266. The number of anilines is 1. The fraction of sp³-hybridized carbons (Fsp3) is 0.407. The van der Waals surface area contributed by atoms with Gasteiger partial charge in [-0.25, -0.2) is 14.1 Å². The lowest BCUT2D eigenvalue weighted by molar-refractivity contribution is -0.130. The highest BCUT2D eigenvalue weighted by atomic mass is 32.2. The van der Waals surface area contributed by atoms with Gasteiger partial charge < -0.3 is 4.90 Å². The number of urea groups is 1. The number of rotatable bonds is 6. The molecule has 0 spiro atoms. The summed E-state index contributed by atoms with van der Waals surface area (Å²) in [6.07, 6.45) is 12.0. The van der Waals surface area contributed by atoms with Gasteiger partial charge in [0.05, 0.1) is 10.6 Å². The van der Waals surface area contributed by atoms with Crippen molar-refractivity contribution in [2.45, 2.75) is 62.8 Å². The van der Waals surface area contributed by atoms with Crippen molar-refractivity contribution in [3.8, 4) is 12.3 Å². The lowest BCUT2D eigenvalue weighted by atomic mass is 9.98. The van der Waals surface area contributed by atoms with Crippen molar-refractivity contribution in [2.75, 3.05) is 19.0 Å². The van der Waals surface area contributed by atoms with Crippen molar-refractivity contribution < 1.29 is 13.8 Å². The number of nitrogens with zero attached hydrogens (tertiary/aromatic N) is 3. The van der Waals surface area contributed by atoms with Crippen molar-refractivity contribution in [3.63, 3.8) is 0 Å². The van der Waals surface area contributed by atoms with Crippen LogP contribution in [0.3, 0.4) is 0 Å². The first-order chi connectivity index (χ1) is 16.7. The zero-order valence-corrected chi connectivity index (χ0v) is 21.2. The van der Waals surface area contributed by atoms with E-state index in [1.807, 2.05) is 0 Å². The van der Waals surface area contributed by atoms with Crippen molar-refractivity contribution in [2.24, 2.45) is 9.50 Å². The first-order valence-electron chi connectivity index (χ1n) is 12.0. The van der Waals surface area contributed by atoms with Crippen molar-refractivity contribution in [3.05, 3.63) is 58.1 Å². The van der Waals surface area contributed by atoms with Crippen LogP contribution in [0.15, 0.2) is 39.6 Å². The molecule has 1 atom stereocenters. The van der Waals surface area contributed by atoms with E-state index in [9.17, 15) is 13.8 Å². The molecule has 8 heteroatoms. The average molecular weight is 493 g/mol. The molecule has 0 saturated heterocycles. The maximum atomic E-state index is 13.2. The van der Waals surface area contributed by atoms with Crippen molar-refractivity contribution in [1.29, 1.82) is 0 Å². The number of amides is 3. The zero-order valence-electron chi connectivity index (χ0n) is 20.4. The normalized spacial score (nSPS) is 15.5. The van der Waals surface area contributed by atoms with E-state index < -0.39 is 15.9 Å². The van der Waals surface area contributed by atoms with E-state index in [0.29, 0.717) is 19.4 Å². The monoisotopic (exact) mass is 492 g/mol. The van der Waals surface area contributed by atoms with Crippen LogP contribution >= 0.6 is 0 Å². The van der Waals surface area contributed by atoms with E-state index in [1.165, 1.54) is 27.2 Å². The highest BCUT2D eigenvalue weighted by Crippen LogP contribution is 2.40. The van der Waals surface area contributed by atoms with Gasteiger partial charge in [-0.3, -0.25) is 9.69 Å². The van der Waals surface area contributed by atoms with Crippen LogP contribution in [0.2, 0.25) is 0 Å². The Kier molecular flexibility index (Phi) is 7.29. The molecule has 7 nitrogen and oxygen atoms in total. The van der Waals surface area contributed by atoms with Gasteiger partial charge in [-0.1, -0.05) is 18.2 Å². The lowest BCUT2D eigenvalue weighted by Crippen LogP contribution is -2.28. The zero-order chi connectivity index (χ0) is 25.2. The summed E-state index contributed by atoms with van der Waals surface area (Å²) in [6, 6.07) is 8.39. The molecule has 0 aromatic heterocycles. The first kappa shape index (κ1) is 25.0. The molecular formula is C27H32N4O3S. The Bertz CT molecular complexity index is 1290. The number of hydrogen-bond acceptors (Lipinski definition) is 3. The number of nitrogens with two attached hydrogens (primary N) is 1. The summed E-state index contributed by atoms with van der Waals surface area (Å²) in [5, 5.41) is 6.07. The largest absolute Gasteiger partial charge is 0.357 e. The molecule has 0 bridgehead atoms. The number of hydrogen-bond donors (Lipinski definition) is 1. The number of carbonyl (C=O) groups excluding carboxylic acids is 2. The molecule has 1 unspecified atom stereocenters. The van der Waals surface area contributed by atoms with E-state index in [-0.39, 0.29) is 10.8 Å². The second kappa shape index (κ2) is 10.2. The molecule has 2 aromatic rings. The highest BCUT2D eigenvalue weighted by molar-refractivity contribution is 7.91. The van der Waals surface area contributed by atoms with Gasteiger partial charge in [0.25, 0.3) is 0 Å². The minimum Gasteiger partial charge on any atom is -0.341 e. The highest BCUT2D eigenvalue weighted by Gasteiger charge is 2.28. The Morgan fingerprint density at radius 2 is 1.66 bits per heavy atom. The number of fused-ring (bicyclic) bond motifs is 2. The van der Waals surface area contributed by atoms with Crippen LogP contribution in [-0.2, 0) is 46.9 Å². The van der Waals surface area contributed by atoms with E-state index in [0.717, 1.165) is 49.8 Å². The minimum absolute atomic E-state index is 0.0443. The molecule has 4 rings (SSSR count). The Labute approximate surface area is 208 Å². The van der Waals surface area contributed by atoms with Gasteiger partial charge in [0.1, 0.15) is 9.92 Å². The number of carbonyl (C=O) groups is 2. The Morgan fingerprint density at radius 3 is 2.23 bits per heavy atom. The Hall–Kier alpha value is -3.15. The molecule has 35 heavy (non-hydrogen) atoms. The maximum Gasteiger partial charge on any atom is 0.357 e. The van der Waals surface area contributed by atoms with Gasteiger partial charge in [0.15, 0.2) is 0 Å². The van der Waals surface area contributed by atoms with E-state index in [1.54, 1.807) is 43.3 Å². The van der Waals surface area contributed by atoms with E-state index in [4.69, 9.17) is 11.6 Å². The van der Waals surface area contributed by atoms with Gasteiger partial charge in [0.2, 0.25) is 5.91 Å². The molecule has 0 aliphatic heterocycles. The quantitative estimate of drug-likeness (QED) is 0.618. The van der Waals surface area contributed by atoms with Gasteiger partial charge >= 0.3 is 6.03 Å². The smallest absolute Gasteiger partial charge is 0.341 e. The molecule has 3 amide bonds. The van der Waals surface area contributed by atoms with Crippen LogP contribution in [0.5, 0.6) is 0 Å². The molecule has 2 aromatic carbocycles. The van der Waals surface area contributed by atoms with Gasteiger partial charge in [-0.2, -0.15) is 0 Å². The molecule has 0 saturated carbocycles. The Morgan fingerprint density at radius 1 is 1.06 bits per heavy atom. The molecule has 2 aliphatic carbocycles. The molecule has 2 aliphatic rings. The second-order valence-electron chi connectivity index (χ2n) is 9.31. The summed E-state index contributed by atoms with van der Waals surface area (Å²) in [5.41, 5.74) is 6.83. The summed E-state index contributed by atoms with van der Waals surface area (Å²) >= 11 is 0. The second-order valence-corrected chi connectivity index (χ2v) is 11.1. The van der Waals surface area contributed by atoms with Crippen LogP contribution in [0.1, 0.15) is 53.5 Å². The third-order valence-corrected chi connectivity index (χ3v) is 8.24. The summed E-state index contributed by atoms with van der Waals surface area (Å²) in [5.74, 6) is 2.42. The minimum atomic E-state index is -3.43. The van der Waals surface area contributed by atoms with E-state index in [2.05, 4.69) is 16.3 Å². The first-order valence-corrected chi connectivity index (χ1v) is 13.5. The summed E-state index contributed by atoms with van der Waals surface area (Å²) in [6.45, 7) is 0.387. The van der Waals surface area contributed by atoms with Crippen molar-refractivity contribution >= 4 is 27.5 Å². The number of terminal acetylenes is 1. The average Bonchev–Trinajstić information content (AvgIpc) is 3.49. The molecule has 0 heterocycles. The fourth-order valence-electron chi connectivity index (χ4n) is 5.04. The molecule has 184 valence electrons. The van der Waals surface area contributed by atoms with Crippen LogP contribution < -0.4 is 10.0 Å². The topological polar surface area (TPSA) is 96.1 Å². The summed E-state index contributed by atoms with van der Waals surface area (Å²) in [4.78, 5) is 28.6. The van der Waals surface area contributed by atoms with Gasteiger partial charge in [-0.15, -0.1) is 16.7 Å². The molecule has 0 fully saturated rings. The summed E-state index contributed by atoms with van der Waals surface area (Å²) < 4.78 is 17.2. The van der Waals surface area contributed by atoms with Crippen LogP contribution in [0, 0.1) is 12.3 Å². The maximum absolute atomic E-state index is 13.2. The van der Waals surface area contributed by atoms with Crippen LogP contribution in [0.4, 0.5) is 10.5 Å². The molecule has 2 N–H and O–H groups in total. The van der Waals surface area contributed by atoms with Crippen LogP contribution in [0.25, 0.3) is 0 Å².